The molecule has 10 rings (SSSR count). The highest BCUT2D eigenvalue weighted by atomic mass is 16.5. The van der Waals surface area contributed by atoms with Gasteiger partial charge >= 0.3 is 0 Å². The number of piperidine rings is 2. The van der Waals surface area contributed by atoms with Gasteiger partial charge in [0.2, 0.25) is 0 Å². The molecule has 4 aliphatic heterocycles. The summed E-state index contributed by atoms with van der Waals surface area (Å²) >= 11 is 0. The van der Waals surface area contributed by atoms with Crippen molar-refractivity contribution >= 4 is 5.78 Å². The topological polar surface area (TPSA) is 91.7 Å². The molecule has 1 saturated carbocycles. The molecule has 2 aromatic rings. The highest BCUT2D eigenvalue weighted by Gasteiger charge is 2.66. The Kier molecular flexibility index (Phi) is 5.37. The Hall–Kier alpha value is -3.07. The van der Waals surface area contributed by atoms with Gasteiger partial charge in [0.1, 0.15) is 12.2 Å². The molecule has 8 heteroatoms. The van der Waals surface area contributed by atoms with Crippen molar-refractivity contribution in [2.45, 2.75) is 79.8 Å². The fourth-order valence-corrected chi connectivity index (χ4v) is 10.9. The number of methoxy groups -OCH3 is 1. The van der Waals surface area contributed by atoms with Crippen LogP contribution in [-0.2, 0) is 28.5 Å². The van der Waals surface area contributed by atoms with Crippen molar-refractivity contribution in [1.82, 2.24) is 9.80 Å². The maximum Gasteiger partial charge on any atom is 0.174 e. The van der Waals surface area contributed by atoms with E-state index in [4.69, 9.17) is 14.2 Å². The highest BCUT2D eigenvalue weighted by Crippen LogP contribution is 2.64. The van der Waals surface area contributed by atoms with Gasteiger partial charge in [0, 0.05) is 46.4 Å². The number of aliphatic hydroxyl groups is 1. The molecule has 2 N–H and O–H groups in total. The average molecular weight is 585 g/mol. The van der Waals surface area contributed by atoms with Gasteiger partial charge in [-0.1, -0.05) is 24.3 Å². The lowest BCUT2D eigenvalue weighted by atomic mass is 9.52. The first kappa shape index (κ1) is 26.3. The highest BCUT2D eigenvalue weighted by molar-refractivity contribution is 5.89. The van der Waals surface area contributed by atoms with Crippen molar-refractivity contribution < 1.29 is 29.2 Å². The molecule has 4 aliphatic carbocycles. The molecular weight excluding hydrogens is 544 g/mol. The van der Waals surface area contributed by atoms with Gasteiger partial charge in [-0.05, 0) is 88.5 Å². The molecule has 0 amide bonds. The average Bonchev–Trinajstić information content (AvgIpc) is 3.55. The number of ether oxygens (including phenoxy) is 3. The Morgan fingerprint density at radius 2 is 1.60 bits per heavy atom. The molecule has 3 fully saturated rings. The van der Waals surface area contributed by atoms with Crippen molar-refractivity contribution in [1.29, 1.82) is 0 Å². The smallest absolute Gasteiger partial charge is 0.174 e. The number of nitrogens with zero attached hydrogens (tertiary/aromatic N) is 2. The lowest BCUT2D eigenvalue weighted by molar-refractivity contribution is -0.138. The molecule has 2 spiro atoms. The lowest BCUT2D eigenvalue weighted by Gasteiger charge is -2.57. The van der Waals surface area contributed by atoms with E-state index in [0.717, 1.165) is 62.3 Å². The molecule has 9 atom stereocenters. The molecule has 0 aromatic heterocycles. The lowest BCUT2D eigenvalue weighted by Crippen LogP contribution is -2.65. The Morgan fingerprint density at radius 3 is 2.40 bits per heavy atom. The minimum atomic E-state index is -0.539. The van der Waals surface area contributed by atoms with Gasteiger partial charge in [-0.25, -0.2) is 0 Å². The van der Waals surface area contributed by atoms with Crippen molar-refractivity contribution in [3.05, 3.63) is 58.7 Å². The van der Waals surface area contributed by atoms with E-state index in [0.29, 0.717) is 36.1 Å². The number of Topliss-reactive ketones (excluding diaryl/α,β-unsaturated/α-hetero) is 1. The van der Waals surface area contributed by atoms with Gasteiger partial charge < -0.3 is 34.2 Å². The second kappa shape index (κ2) is 8.77. The van der Waals surface area contributed by atoms with Gasteiger partial charge in [0.25, 0.3) is 0 Å². The van der Waals surface area contributed by atoms with Crippen LogP contribution in [0.25, 0.3) is 0 Å². The summed E-state index contributed by atoms with van der Waals surface area (Å²) in [7, 11) is 6.11. The van der Waals surface area contributed by atoms with Crippen molar-refractivity contribution in [2.24, 2.45) is 11.8 Å². The number of likely N-dealkylation sites (N-methyl/N-ethyl adjacent to an activating group) is 2. The Morgan fingerprint density at radius 1 is 0.907 bits per heavy atom. The second-order valence-electron chi connectivity index (χ2n) is 14.2. The number of phenols is 1. The van der Waals surface area contributed by atoms with Crippen molar-refractivity contribution in [3.8, 4) is 23.0 Å². The van der Waals surface area contributed by atoms with E-state index in [1.807, 2.05) is 18.2 Å². The van der Waals surface area contributed by atoms with E-state index in [1.165, 1.54) is 16.7 Å². The molecule has 226 valence electrons. The maximum atomic E-state index is 12.5. The van der Waals surface area contributed by atoms with Crippen LogP contribution in [-0.4, -0.2) is 90.5 Å². The van der Waals surface area contributed by atoms with Crippen molar-refractivity contribution in [3.63, 3.8) is 0 Å². The summed E-state index contributed by atoms with van der Waals surface area (Å²) in [6, 6.07) is 8.96. The predicted molar refractivity (Wildman–Crippen MR) is 159 cm³/mol. The summed E-state index contributed by atoms with van der Waals surface area (Å²) < 4.78 is 17.9. The Balaban J connectivity index is 0.000000121. The summed E-state index contributed by atoms with van der Waals surface area (Å²) in [5.74, 6) is 3.59. The molecule has 2 aromatic carbocycles. The summed E-state index contributed by atoms with van der Waals surface area (Å²) in [6.45, 7) is 2.06. The maximum absolute atomic E-state index is 12.5. The molecule has 2 saturated heterocycles. The van der Waals surface area contributed by atoms with Crippen LogP contribution in [0.4, 0.5) is 0 Å². The molecule has 0 radical (unpaired) electrons. The summed E-state index contributed by atoms with van der Waals surface area (Å²) in [5, 5.41) is 20.8. The fraction of sp³-hybridized carbons (Fsp3) is 0.571. The van der Waals surface area contributed by atoms with Crippen LogP contribution in [0.1, 0.15) is 47.9 Å². The van der Waals surface area contributed by atoms with Gasteiger partial charge in [-0.2, -0.15) is 0 Å². The molecule has 0 unspecified atom stereocenters. The van der Waals surface area contributed by atoms with E-state index in [2.05, 4.69) is 36.0 Å². The number of rotatable bonds is 1. The normalized spacial score (nSPS) is 40.5. The third-order valence-electron chi connectivity index (χ3n) is 12.7. The Bertz CT molecular complexity index is 1590. The van der Waals surface area contributed by atoms with E-state index >= 15 is 0 Å². The standard InChI is InChI=1S/C18H21NO3.C17H19NO3/c1-19-8-7-18-11-4-5-13(20)17(18)22-16-14(21-2)6-3-10(15(16)18)9-12(11)19;1-18-7-6-17-10-3-5-13(20)16(17)21-15-12(19)4-2-9(14(15)17)8-11(10)18/h3-6,11-13,17,20H,7-9H2,1-2H3;2,4,10-11,16,19H,3,5-8H2,1H3/t11-,12+,13-,17-,18-;10-,11+,16-,17-/m00/s1. The quantitative estimate of drug-likeness (QED) is 0.495. The SMILES string of the molecule is CN1CC[C@]23c4c5ccc(O)c4O[C@H]2C(=O)CC[C@H]3[C@H]1C5.COc1ccc2c3c1O[C@H]1[C@@H](O)C=C[C@H]4[C@@H](C2)N(C)CC[C@@]341. The fourth-order valence-electron chi connectivity index (χ4n) is 10.9. The number of hydrogen-bond donors (Lipinski definition) is 2. The number of aromatic hydroxyl groups is 1. The molecule has 8 nitrogen and oxygen atoms in total. The molecule has 43 heavy (non-hydrogen) atoms. The molecular formula is C35H40N2O6. The number of benzene rings is 2. The van der Waals surface area contributed by atoms with Gasteiger partial charge in [-0.3, -0.25) is 4.79 Å². The van der Waals surface area contributed by atoms with Crippen LogP contribution in [0.5, 0.6) is 23.0 Å². The first-order chi connectivity index (χ1) is 20.8. The van der Waals surface area contributed by atoms with Gasteiger partial charge in [0.05, 0.1) is 7.11 Å². The van der Waals surface area contributed by atoms with E-state index < -0.39 is 6.10 Å². The zero-order valence-corrected chi connectivity index (χ0v) is 25.1. The van der Waals surface area contributed by atoms with Crippen LogP contribution < -0.4 is 14.2 Å². The molecule has 8 aliphatic rings. The van der Waals surface area contributed by atoms with Crippen LogP contribution >= 0.6 is 0 Å². The monoisotopic (exact) mass is 584 g/mol. The summed E-state index contributed by atoms with van der Waals surface area (Å²) in [5.41, 5.74) is 4.86. The number of ketones is 1. The number of carbonyl (C=O) groups is 1. The van der Waals surface area contributed by atoms with E-state index in [1.54, 1.807) is 13.2 Å². The second-order valence-corrected chi connectivity index (χ2v) is 14.2. The van der Waals surface area contributed by atoms with Crippen LogP contribution in [0.15, 0.2) is 36.4 Å². The minimum absolute atomic E-state index is 0.0806. The van der Waals surface area contributed by atoms with Gasteiger partial charge in [0.15, 0.2) is 34.9 Å². The number of likely N-dealkylation sites (tertiary alicyclic amines) is 2. The zero-order chi connectivity index (χ0) is 29.4. The third kappa shape index (κ3) is 3.10. The van der Waals surface area contributed by atoms with Crippen molar-refractivity contribution in [2.75, 3.05) is 34.3 Å². The molecule has 4 bridgehead atoms. The first-order valence-electron chi connectivity index (χ1n) is 16.0. The largest absolute Gasteiger partial charge is 0.504 e. The molecule has 4 heterocycles. The van der Waals surface area contributed by atoms with Crippen LogP contribution in [0.3, 0.4) is 0 Å². The van der Waals surface area contributed by atoms with E-state index in [9.17, 15) is 15.0 Å². The first-order valence-corrected chi connectivity index (χ1v) is 16.0. The number of carbonyl (C=O) groups excluding carboxylic acids is 1. The number of aliphatic hydroxyl groups excluding tert-OH is 1. The van der Waals surface area contributed by atoms with Crippen LogP contribution in [0, 0.1) is 11.8 Å². The summed E-state index contributed by atoms with van der Waals surface area (Å²) in [4.78, 5) is 17.4. The zero-order valence-electron chi connectivity index (χ0n) is 25.1. The Labute approximate surface area is 252 Å². The number of phenolic OH excluding ortho intramolecular Hbond substituents is 1. The number of hydrogen-bond acceptors (Lipinski definition) is 8. The predicted octanol–water partition coefficient (Wildman–Crippen LogP) is 3.13. The minimum Gasteiger partial charge on any atom is -0.504 e. The van der Waals surface area contributed by atoms with E-state index in [-0.39, 0.29) is 34.6 Å². The van der Waals surface area contributed by atoms with Gasteiger partial charge in [-0.15, -0.1) is 0 Å². The summed E-state index contributed by atoms with van der Waals surface area (Å²) in [6.07, 6.45) is 8.72. The van der Waals surface area contributed by atoms with Crippen LogP contribution in [0.2, 0.25) is 0 Å². The third-order valence-corrected chi connectivity index (χ3v) is 12.7.